The molecule has 1 aromatic heterocycles. The number of carboxylic acids is 2. The molecule has 1 aromatic carbocycles. The van der Waals surface area contributed by atoms with Crippen molar-refractivity contribution in [2.75, 3.05) is 39.4 Å². The van der Waals surface area contributed by atoms with Gasteiger partial charge in [-0.2, -0.15) is 31.4 Å². The van der Waals surface area contributed by atoms with Crippen molar-refractivity contribution in [2.24, 2.45) is 5.41 Å². The van der Waals surface area contributed by atoms with Crippen LogP contribution in [0.25, 0.3) is 0 Å². The summed E-state index contributed by atoms with van der Waals surface area (Å²) >= 11 is 0. The molecule has 3 heterocycles. The molecule has 2 aliphatic rings. The number of ether oxygens (including phenoxy) is 1. The normalized spacial score (nSPS) is 20.5. The number of hydrogen-bond acceptors (Lipinski definition) is 6. The van der Waals surface area contributed by atoms with E-state index in [9.17, 15) is 30.7 Å². The van der Waals surface area contributed by atoms with E-state index in [4.69, 9.17) is 24.5 Å². The van der Waals surface area contributed by atoms with Gasteiger partial charge in [0.15, 0.2) is 0 Å². The van der Waals surface area contributed by atoms with E-state index in [0.717, 1.165) is 70.2 Å². The minimum absolute atomic E-state index is 0.155. The predicted octanol–water partition coefficient (Wildman–Crippen LogP) is 3.93. The molecule has 2 aromatic rings. The van der Waals surface area contributed by atoms with Crippen LogP contribution in [-0.2, 0) is 27.4 Å². The van der Waals surface area contributed by atoms with Gasteiger partial charge in [-0.1, -0.05) is 12.1 Å². The average Bonchev–Trinajstić information content (AvgIpc) is 3.27. The summed E-state index contributed by atoms with van der Waals surface area (Å²) in [6.07, 6.45) is -6.01. The van der Waals surface area contributed by atoms with E-state index in [1.165, 1.54) is 12.5 Å². The predicted molar refractivity (Wildman–Crippen MR) is 125 cm³/mol. The highest BCUT2D eigenvalue weighted by Gasteiger charge is 2.40. The Morgan fingerprint density at radius 3 is 2.10 bits per heavy atom. The van der Waals surface area contributed by atoms with Gasteiger partial charge in [-0.25, -0.2) is 14.0 Å². The lowest BCUT2D eigenvalue weighted by Crippen LogP contribution is -2.50. The van der Waals surface area contributed by atoms with Crippen molar-refractivity contribution in [3.63, 3.8) is 0 Å². The first kappa shape index (κ1) is 33.0. The number of benzene rings is 1. The van der Waals surface area contributed by atoms with Crippen molar-refractivity contribution in [3.8, 4) is 0 Å². The third kappa shape index (κ3) is 11.5. The van der Waals surface area contributed by atoms with Gasteiger partial charge in [0.2, 0.25) is 0 Å². The van der Waals surface area contributed by atoms with Gasteiger partial charge in [0.1, 0.15) is 5.82 Å². The zero-order chi connectivity index (χ0) is 30.0. The maximum Gasteiger partial charge on any atom is 0.490 e. The lowest BCUT2D eigenvalue weighted by Gasteiger charge is -2.43. The number of carboxylic acid groups (broad SMARTS) is 2. The minimum Gasteiger partial charge on any atom is -0.475 e. The molecule has 2 saturated heterocycles. The molecule has 0 aliphatic carbocycles. The van der Waals surface area contributed by atoms with Gasteiger partial charge in [0.05, 0.1) is 13.2 Å². The van der Waals surface area contributed by atoms with Crippen molar-refractivity contribution < 1.29 is 55.3 Å². The molecule has 3 N–H and O–H groups in total. The topological polar surface area (TPSA) is 119 Å². The van der Waals surface area contributed by atoms with E-state index in [1.807, 2.05) is 12.1 Å². The van der Waals surface area contributed by atoms with Gasteiger partial charge in [0.25, 0.3) is 0 Å². The van der Waals surface area contributed by atoms with Crippen LogP contribution in [-0.4, -0.2) is 93.9 Å². The Bertz CT molecular complexity index is 1060. The summed E-state index contributed by atoms with van der Waals surface area (Å²) in [5, 5.41) is 21.4. The second-order valence-corrected chi connectivity index (χ2v) is 9.40. The van der Waals surface area contributed by atoms with Crippen molar-refractivity contribution in [1.29, 1.82) is 0 Å². The molecule has 2 fully saturated rings. The zero-order valence-corrected chi connectivity index (χ0v) is 21.1. The van der Waals surface area contributed by atoms with Gasteiger partial charge < -0.3 is 14.9 Å². The molecule has 16 heteroatoms. The van der Waals surface area contributed by atoms with E-state index < -0.39 is 24.3 Å². The summed E-state index contributed by atoms with van der Waals surface area (Å²) in [7, 11) is 0. The summed E-state index contributed by atoms with van der Waals surface area (Å²) in [6, 6.07) is 9.00. The first-order chi connectivity index (χ1) is 18.6. The average molecular weight is 587 g/mol. The number of H-pyrrole nitrogens is 1. The van der Waals surface area contributed by atoms with Crippen LogP contribution in [0, 0.1) is 11.2 Å². The maximum absolute atomic E-state index is 13.5. The Labute approximate surface area is 224 Å². The summed E-state index contributed by atoms with van der Waals surface area (Å²) in [4.78, 5) is 22.7. The van der Waals surface area contributed by atoms with Crippen LogP contribution >= 0.6 is 0 Å². The third-order valence-electron chi connectivity index (χ3n) is 5.99. The van der Waals surface area contributed by atoms with E-state index in [2.05, 4.69) is 20.0 Å². The molecule has 0 bridgehead atoms. The van der Waals surface area contributed by atoms with Crippen LogP contribution in [0.5, 0.6) is 0 Å². The van der Waals surface area contributed by atoms with E-state index >= 15 is 0 Å². The number of nitrogens with zero attached hydrogens (tertiary/aromatic N) is 3. The number of aromatic amines is 1. The Hall–Kier alpha value is -3.24. The quantitative estimate of drug-likeness (QED) is 0.462. The number of likely N-dealkylation sites (tertiary alicyclic amines) is 1. The fraction of sp³-hybridized carbons (Fsp3) is 0.542. The lowest BCUT2D eigenvalue weighted by atomic mass is 9.80. The molecule has 224 valence electrons. The highest BCUT2D eigenvalue weighted by Crippen LogP contribution is 2.34. The zero-order valence-electron chi connectivity index (χ0n) is 21.1. The Kier molecular flexibility index (Phi) is 11.9. The second kappa shape index (κ2) is 14.4. The Morgan fingerprint density at radius 1 is 0.975 bits per heavy atom. The first-order valence-electron chi connectivity index (χ1n) is 11.9. The second-order valence-electron chi connectivity index (χ2n) is 9.40. The lowest BCUT2D eigenvalue weighted by molar-refractivity contribution is -0.193. The Morgan fingerprint density at radius 2 is 1.57 bits per heavy atom. The molecule has 1 spiro atoms. The van der Waals surface area contributed by atoms with Crippen LogP contribution in [0.15, 0.2) is 36.5 Å². The van der Waals surface area contributed by atoms with Crippen LogP contribution in [0.4, 0.5) is 30.7 Å². The largest absolute Gasteiger partial charge is 0.490 e. The first-order valence-corrected chi connectivity index (χ1v) is 11.9. The van der Waals surface area contributed by atoms with Crippen molar-refractivity contribution >= 4 is 11.9 Å². The fourth-order valence-corrected chi connectivity index (χ4v) is 4.42. The van der Waals surface area contributed by atoms with Gasteiger partial charge >= 0.3 is 24.3 Å². The van der Waals surface area contributed by atoms with E-state index in [-0.39, 0.29) is 11.2 Å². The minimum atomic E-state index is -5.08. The molecule has 1 unspecified atom stereocenters. The van der Waals surface area contributed by atoms with Crippen molar-refractivity contribution in [1.82, 2.24) is 20.0 Å². The van der Waals surface area contributed by atoms with Gasteiger partial charge in [-0.05, 0) is 43.1 Å². The summed E-state index contributed by atoms with van der Waals surface area (Å²) < 4.78 is 83.0. The van der Waals surface area contributed by atoms with Gasteiger partial charge in [-0.3, -0.25) is 14.9 Å². The highest BCUT2D eigenvalue weighted by molar-refractivity contribution is 5.73. The maximum atomic E-state index is 13.5. The standard InChI is InChI=1S/C20H27FN4O.2C2HF3O2/c21-18-4-1-3-17(11-18)12-24-8-2-6-20(14-24)15-25(9-10-26-16-20)13-19-5-7-22-23-19;2*3-2(4,5)1(6)7/h1,3-5,7,11H,2,6,8-10,12-16H2,(H,22,23);2*(H,6,7). The number of aliphatic carboxylic acids is 2. The molecular weight excluding hydrogens is 557 g/mol. The van der Waals surface area contributed by atoms with Crippen LogP contribution in [0.3, 0.4) is 0 Å². The van der Waals surface area contributed by atoms with E-state index in [1.54, 1.807) is 18.3 Å². The number of carbonyl (C=O) groups is 2. The monoisotopic (exact) mass is 586 g/mol. The molecule has 0 amide bonds. The molecular formula is C24H29F7N4O5. The Balaban J connectivity index is 0.000000333. The third-order valence-corrected chi connectivity index (χ3v) is 5.99. The smallest absolute Gasteiger partial charge is 0.475 e. The van der Waals surface area contributed by atoms with Crippen molar-refractivity contribution in [2.45, 2.75) is 38.3 Å². The molecule has 0 radical (unpaired) electrons. The molecule has 0 saturated carbocycles. The molecule has 40 heavy (non-hydrogen) atoms. The molecule has 2 aliphatic heterocycles. The van der Waals surface area contributed by atoms with Crippen molar-refractivity contribution in [3.05, 3.63) is 53.6 Å². The summed E-state index contributed by atoms with van der Waals surface area (Å²) in [5.74, 6) is -5.67. The number of alkyl halides is 6. The number of aromatic nitrogens is 2. The van der Waals surface area contributed by atoms with Crippen LogP contribution in [0.2, 0.25) is 0 Å². The van der Waals surface area contributed by atoms with E-state index in [0.29, 0.717) is 0 Å². The van der Waals surface area contributed by atoms with Crippen LogP contribution < -0.4 is 0 Å². The SMILES string of the molecule is Fc1cccc(CN2CCCC3(COCCN(Cc4ccn[nH]4)C3)C2)c1.O=C(O)C(F)(F)F.O=C(O)C(F)(F)F. The number of halogens is 7. The molecule has 9 nitrogen and oxygen atoms in total. The summed E-state index contributed by atoms with van der Waals surface area (Å²) in [6.45, 7) is 7.33. The van der Waals surface area contributed by atoms with Gasteiger partial charge in [-0.15, -0.1) is 0 Å². The van der Waals surface area contributed by atoms with Gasteiger partial charge in [0, 0.05) is 50.0 Å². The molecule has 1 atom stereocenters. The highest BCUT2D eigenvalue weighted by atomic mass is 19.4. The number of hydrogen-bond donors (Lipinski definition) is 3. The number of rotatable bonds is 4. The molecule has 4 rings (SSSR count). The van der Waals surface area contributed by atoms with Crippen LogP contribution in [0.1, 0.15) is 24.1 Å². The fourth-order valence-electron chi connectivity index (χ4n) is 4.42. The number of nitrogens with one attached hydrogen (secondary N) is 1. The number of piperidine rings is 1. The summed E-state index contributed by atoms with van der Waals surface area (Å²) in [5.41, 5.74) is 2.35.